The summed E-state index contributed by atoms with van der Waals surface area (Å²) >= 11 is 1.78. The van der Waals surface area contributed by atoms with Gasteiger partial charge in [-0.2, -0.15) is 0 Å². The number of hydrogen-bond acceptors (Lipinski definition) is 4. The summed E-state index contributed by atoms with van der Waals surface area (Å²) in [6.07, 6.45) is 5.92. The fourth-order valence-electron chi connectivity index (χ4n) is 1.82. The Bertz CT molecular complexity index is 202. The van der Waals surface area contributed by atoms with Gasteiger partial charge in [0.05, 0.1) is 18.5 Å². The van der Waals surface area contributed by atoms with E-state index in [4.69, 9.17) is 10.8 Å². The molecule has 1 saturated carbocycles. The van der Waals surface area contributed by atoms with E-state index in [9.17, 15) is 4.79 Å². The van der Waals surface area contributed by atoms with Crippen molar-refractivity contribution in [2.75, 3.05) is 24.7 Å². The van der Waals surface area contributed by atoms with Gasteiger partial charge in [0.1, 0.15) is 0 Å². The van der Waals surface area contributed by atoms with Crippen LogP contribution in [-0.2, 0) is 4.79 Å². The highest BCUT2D eigenvalue weighted by molar-refractivity contribution is 7.99. The highest BCUT2D eigenvalue weighted by Gasteiger charge is 2.15. The second-order valence-corrected chi connectivity index (χ2v) is 5.27. The summed E-state index contributed by atoms with van der Waals surface area (Å²) in [4.78, 5) is 12.6. The third-order valence-electron chi connectivity index (χ3n) is 2.85. The topological polar surface area (TPSA) is 66.6 Å². The van der Waals surface area contributed by atoms with Crippen LogP contribution in [0.2, 0.25) is 0 Å². The molecule has 1 saturated heterocycles. The monoisotopic (exact) mass is 246 g/mol. The number of aliphatic hydroxyl groups is 1. The summed E-state index contributed by atoms with van der Waals surface area (Å²) in [7, 11) is 0. The minimum Gasteiger partial charge on any atom is -0.393 e. The van der Waals surface area contributed by atoms with Gasteiger partial charge in [0.15, 0.2) is 0 Å². The van der Waals surface area contributed by atoms with E-state index in [-0.39, 0.29) is 18.6 Å². The number of nitrogens with two attached hydrogens (primary N) is 1. The summed E-state index contributed by atoms with van der Waals surface area (Å²) < 4.78 is 0. The van der Waals surface area contributed by atoms with Crippen molar-refractivity contribution in [2.45, 2.75) is 38.2 Å². The van der Waals surface area contributed by atoms with Crippen LogP contribution in [0.5, 0.6) is 0 Å². The van der Waals surface area contributed by atoms with E-state index >= 15 is 0 Å². The number of amides is 1. The lowest BCUT2D eigenvalue weighted by atomic mass is 9.98. The molecule has 2 rings (SSSR count). The van der Waals surface area contributed by atoms with Crippen LogP contribution in [0.3, 0.4) is 0 Å². The first-order valence-electron chi connectivity index (χ1n) is 5.97. The van der Waals surface area contributed by atoms with Gasteiger partial charge in [-0.05, 0) is 12.8 Å². The lowest BCUT2D eigenvalue weighted by Gasteiger charge is -2.14. The Morgan fingerprint density at radius 1 is 1.38 bits per heavy atom. The van der Waals surface area contributed by atoms with Gasteiger partial charge < -0.3 is 15.7 Å². The average Bonchev–Trinajstić information content (AvgIpc) is 2.83. The zero-order chi connectivity index (χ0) is 11.8. The van der Waals surface area contributed by atoms with E-state index in [0.717, 1.165) is 31.0 Å². The van der Waals surface area contributed by atoms with Crippen molar-refractivity contribution in [3.63, 3.8) is 0 Å². The number of thioether (sulfide) groups is 1. The molecule has 0 spiro atoms. The first kappa shape index (κ1) is 13.8. The highest BCUT2D eigenvalue weighted by Crippen LogP contribution is 2.16. The van der Waals surface area contributed by atoms with Crippen LogP contribution in [0.15, 0.2) is 0 Å². The molecule has 0 unspecified atom stereocenters. The second kappa shape index (κ2) is 7.92. The van der Waals surface area contributed by atoms with Crippen LogP contribution in [0.25, 0.3) is 0 Å². The van der Waals surface area contributed by atoms with Crippen LogP contribution in [0.4, 0.5) is 0 Å². The Morgan fingerprint density at radius 3 is 2.44 bits per heavy atom. The molecule has 16 heavy (non-hydrogen) atoms. The average molecular weight is 246 g/mol. The molecule has 1 heterocycles. The highest BCUT2D eigenvalue weighted by atomic mass is 32.2. The molecule has 2 aliphatic rings. The first-order valence-corrected chi connectivity index (χ1v) is 7.13. The van der Waals surface area contributed by atoms with E-state index in [0.29, 0.717) is 0 Å². The van der Waals surface area contributed by atoms with Gasteiger partial charge in [-0.1, -0.05) is 19.3 Å². The molecular formula is C11H22N2O2S. The molecule has 0 atom stereocenters. The first-order chi connectivity index (χ1) is 7.74. The van der Waals surface area contributed by atoms with Gasteiger partial charge in [-0.15, -0.1) is 11.8 Å². The van der Waals surface area contributed by atoms with Crippen molar-refractivity contribution < 1.29 is 9.90 Å². The summed E-state index contributed by atoms with van der Waals surface area (Å²) in [5.41, 5.74) is 5.15. The lowest BCUT2D eigenvalue weighted by molar-refractivity contribution is -0.128. The second-order valence-electron chi connectivity index (χ2n) is 4.19. The summed E-state index contributed by atoms with van der Waals surface area (Å²) in [6.45, 7) is 1.03. The Morgan fingerprint density at radius 2 is 2.06 bits per heavy atom. The Kier molecular flexibility index (Phi) is 6.84. The van der Waals surface area contributed by atoms with Gasteiger partial charge in [0.25, 0.3) is 0 Å². The maximum Gasteiger partial charge on any atom is 0.237 e. The molecule has 1 aliphatic heterocycles. The van der Waals surface area contributed by atoms with E-state index in [1.165, 1.54) is 19.3 Å². The van der Waals surface area contributed by atoms with Crippen LogP contribution in [-0.4, -0.2) is 46.7 Å². The molecule has 1 aliphatic carbocycles. The molecule has 1 amide bonds. The Balaban J connectivity index is 0.000000165. The Labute approximate surface area is 102 Å². The van der Waals surface area contributed by atoms with Crippen molar-refractivity contribution in [3.8, 4) is 0 Å². The maximum atomic E-state index is 10.8. The lowest BCUT2D eigenvalue weighted by Crippen LogP contribution is -2.33. The number of aliphatic hydroxyl groups excluding tert-OH is 1. The van der Waals surface area contributed by atoms with Crippen molar-refractivity contribution in [1.29, 1.82) is 0 Å². The van der Waals surface area contributed by atoms with Crippen LogP contribution in [0, 0.1) is 0 Å². The standard InChI is InChI=1S/C6H12O.C5H10N2OS/c7-6-4-2-1-3-5-6;6-3-5(8)7-1-2-9-4-7/h6-7H,1-5H2;1-4,6H2. The predicted octanol–water partition coefficient (Wildman–Crippen LogP) is 0.789. The zero-order valence-electron chi connectivity index (χ0n) is 9.73. The van der Waals surface area contributed by atoms with Crippen molar-refractivity contribution in [2.24, 2.45) is 5.73 Å². The SMILES string of the molecule is NCC(=O)N1CCSC1.OC1CCCCC1. The Hall–Kier alpha value is -0.260. The molecular weight excluding hydrogens is 224 g/mol. The molecule has 3 N–H and O–H groups in total. The van der Waals surface area contributed by atoms with Crippen molar-refractivity contribution in [3.05, 3.63) is 0 Å². The number of rotatable bonds is 1. The molecule has 5 heteroatoms. The van der Waals surface area contributed by atoms with E-state index < -0.39 is 0 Å². The van der Waals surface area contributed by atoms with Gasteiger partial charge in [0.2, 0.25) is 5.91 Å². The third kappa shape index (κ3) is 5.18. The predicted molar refractivity (Wildman–Crippen MR) is 67.2 cm³/mol. The van der Waals surface area contributed by atoms with Gasteiger partial charge in [-0.25, -0.2) is 0 Å². The molecule has 0 aromatic rings. The number of carbonyl (C=O) groups is 1. The van der Waals surface area contributed by atoms with E-state index in [2.05, 4.69) is 0 Å². The van der Waals surface area contributed by atoms with Crippen LogP contribution in [0.1, 0.15) is 32.1 Å². The maximum absolute atomic E-state index is 10.8. The van der Waals surface area contributed by atoms with Gasteiger partial charge >= 0.3 is 0 Å². The van der Waals surface area contributed by atoms with Gasteiger partial charge in [0, 0.05) is 12.3 Å². The fourth-order valence-corrected chi connectivity index (χ4v) is 2.79. The molecule has 2 fully saturated rings. The van der Waals surface area contributed by atoms with Crippen molar-refractivity contribution in [1.82, 2.24) is 4.90 Å². The molecule has 4 nitrogen and oxygen atoms in total. The molecule has 94 valence electrons. The number of nitrogens with zero attached hydrogens (tertiary/aromatic N) is 1. The summed E-state index contributed by atoms with van der Waals surface area (Å²) in [5.74, 6) is 1.96. The minimum absolute atomic E-state index is 0.0359. The quantitative estimate of drug-likeness (QED) is 0.718. The zero-order valence-corrected chi connectivity index (χ0v) is 10.5. The van der Waals surface area contributed by atoms with Crippen LogP contribution < -0.4 is 5.73 Å². The number of hydrogen-bond donors (Lipinski definition) is 2. The van der Waals surface area contributed by atoms with Crippen molar-refractivity contribution >= 4 is 17.7 Å². The molecule has 0 aromatic carbocycles. The van der Waals surface area contributed by atoms with Crippen LogP contribution >= 0.6 is 11.8 Å². The van der Waals surface area contributed by atoms with E-state index in [1.54, 1.807) is 16.7 Å². The fraction of sp³-hybridized carbons (Fsp3) is 0.909. The largest absolute Gasteiger partial charge is 0.393 e. The minimum atomic E-state index is 0.0359. The van der Waals surface area contributed by atoms with Gasteiger partial charge in [-0.3, -0.25) is 4.79 Å². The molecule has 0 radical (unpaired) electrons. The molecule has 0 aromatic heterocycles. The summed E-state index contributed by atoms with van der Waals surface area (Å²) in [6, 6.07) is 0. The third-order valence-corrected chi connectivity index (χ3v) is 3.82. The smallest absolute Gasteiger partial charge is 0.237 e. The molecule has 0 bridgehead atoms. The normalized spacial score (nSPS) is 21.5. The van der Waals surface area contributed by atoms with E-state index in [1.807, 2.05) is 0 Å². The number of carbonyl (C=O) groups excluding carboxylic acids is 1. The summed E-state index contributed by atoms with van der Waals surface area (Å²) in [5, 5.41) is 8.91.